The Labute approximate surface area is 115 Å². The zero-order valence-electron chi connectivity index (χ0n) is 7.54. The van der Waals surface area contributed by atoms with Crippen LogP contribution in [0.2, 0.25) is 0 Å². The number of nitrogens with one attached hydrogen (secondary N) is 1. The van der Waals surface area contributed by atoms with Crippen molar-refractivity contribution in [3.8, 4) is 0 Å². The van der Waals surface area contributed by atoms with E-state index in [0.717, 1.165) is 0 Å². The minimum atomic E-state index is -0.465. The van der Waals surface area contributed by atoms with Crippen LogP contribution in [0.4, 0.5) is 0 Å². The molecule has 76 valence electrons. The van der Waals surface area contributed by atoms with Gasteiger partial charge in [0, 0.05) is 14.1 Å². The van der Waals surface area contributed by atoms with Gasteiger partial charge in [0.15, 0.2) is 15.9 Å². The van der Waals surface area contributed by atoms with Crippen LogP contribution >= 0.6 is 15.9 Å². The third kappa shape index (κ3) is 1.84. The second-order valence-electron chi connectivity index (χ2n) is 2.93. The molecule has 0 atom stereocenters. The van der Waals surface area contributed by atoms with Crippen molar-refractivity contribution in [1.82, 2.24) is 19.1 Å². The Hall–Kier alpha value is -0.370. The fraction of sp³-hybridized carbons (Fsp3) is 0.286. The Morgan fingerprint density at radius 3 is 2.47 bits per heavy atom. The van der Waals surface area contributed by atoms with E-state index in [9.17, 15) is 9.59 Å². The summed E-state index contributed by atoms with van der Waals surface area (Å²) >= 11 is 3.19. The van der Waals surface area contributed by atoms with Crippen molar-refractivity contribution in [3.63, 3.8) is 0 Å². The molecule has 0 aliphatic carbocycles. The van der Waals surface area contributed by atoms with Gasteiger partial charge in [-0.15, -0.1) is 0 Å². The topological polar surface area (TPSA) is 72.7 Å². The number of aryl methyl sites for hydroxylation is 2. The van der Waals surface area contributed by atoms with E-state index in [0.29, 0.717) is 15.9 Å². The van der Waals surface area contributed by atoms with Gasteiger partial charge in [0.1, 0.15) is 0 Å². The predicted molar refractivity (Wildman–Crippen MR) is 61.4 cm³/mol. The van der Waals surface area contributed by atoms with E-state index < -0.39 is 11.2 Å². The Kier molecular flexibility index (Phi) is 3.59. The van der Waals surface area contributed by atoms with Gasteiger partial charge in [0.2, 0.25) is 0 Å². The van der Waals surface area contributed by atoms with Gasteiger partial charge in [-0.25, -0.2) is 9.78 Å². The standard InChI is InChI=1S/C7H7BrN4O2.Na.H/c1-11-3-4(9-6(11)8)12(2)7(14)10-5(3)13;;/h1-2H3,(H,10,13,14);;. The van der Waals surface area contributed by atoms with Crippen LogP contribution in [0, 0.1) is 0 Å². The van der Waals surface area contributed by atoms with Gasteiger partial charge < -0.3 is 4.57 Å². The maximum atomic E-state index is 11.4. The zero-order chi connectivity index (χ0) is 10.5. The van der Waals surface area contributed by atoms with Gasteiger partial charge in [0.25, 0.3) is 5.56 Å². The molecule has 0 unspecified atom stereocenters. The molecule has 2 aromatic heterocycles. The van der Waals surface area contributed by atoms with Gasteiger partial charge in [-0.3, -0.25) is 14.3 Å². The molecule has 0 bridgehead atoms. The Balaban J connectivity index is 0.00000112. The second kappa shape index (κ2) is 4.25. The van der Waals surface area contributed by atoms with Crippen LogP contribution in [0.25, 0.3) is 11.2 Å². The van der Waals surface area contributed by atoms with Crippen molar-refractivity contribution >= 4 is 56.7 Å². The molecule has 2 aromatic rings. The molecule has 0 aromatic carbocycles. The summed E-state index contributed by atoms with van der Waals surface area (Å²) in [4.78, 5) is 28.9. The van der Waals surface area contributed by atoms with E-state index >= 15 is 0 Å². The zero-order valence-corrected chi connectivity index (χ0v) is 9.12. The molecular weight excluding hydrogens is 275 g/mol. The van der Waals surface area contributed by atoms with E-state index in [4.69, 9.17) is 0 Å². The van der Waals surface area contributed by atoms with Gasteiger partial charge >= 0.3 is 35.2 Å². The number of imidazole rings is 1. The molecule has 0 aliphatic heterocycles. The molecule has 0 amide bonds. The first-order valence-electron chi connectivity index (χ1n) is 3.83. The Morgan fingerprint density at radius 2 is 1.87 bits per heavy atom. The molecule has 8 heteroatoms. The average Bonchev–Trinajstić information content (AvgIpc) is 2.40. The number of H-pyrrole nitrogens is 1. The third-order valence-electron chi connectivity index (χ3n) is 2.08. The number of rotatable bonds is 0. The van der Waals surface area contributed by atoms with Crippen LogP contribution in [0.1, 0.15) is 0 Å². The number of nitrogens with zero attached hydrogens (tertiary/aromatic N) is 3. The molecule has 2 rings (SSSR count). The van der Waals surface area contributed by atoms with E-state index in [1.807, 2.05) is 0 Å². The quantitative estimate of drug-likeness (QED) is 0.502. The normalized spacial score (nSPS) is 10.3. The Bertz CT molecular complexity index is 626. The monoisotopic (exact) mass is 282 g/mol. The molecular formula is C7H8BrN4NaO2. The van der Waals surface area contributed by atoms with Crippen LogP contribution in [-0.2, 0) is 14.1 Å². The number of hydrogen-bond donors (Lipinski definition) is 1. The van der Waals surface area contributed by atoms with Gasteiger partial charge in [-0.05, 0) is 15.9 Å². The molecule has 2 heterocycles. The fourth-order valence-corrected chi connectivity index (χ4v) is 1.63. The summed E-state index contributed by atoms with van der Waals surface area (Å²) in [7, 11) is 3.25. The molecule has 6 nitrogen and oxygen atoms in total. The number of hydrogen-bond acceptors (Lipinski definition) is 3. The second-order valence-corrected chi connectivity index (χ2v) is 3.64. The summed E-state index contributed by atoms with van der Waals surface area (Å²) in [6, 6.07) is 0. The first kappa shape index (κ1) is 12.7. The average molecular weight is 283 g/mol. The van der Waals surface area contributed by atoms with Crippen LogP contribution in [0.5, 0.6) is 0 Å². The van der Waals surface area contributed by atoms with Crippen molar-refractivity contribution in [1.29, 1.82) is 0 Å². The number of aromatic amines is 1. The van der Waals surface area contributed by atoms with Gasteiger partial charge in [-0.2, -0.15) is 0 Å². The van der Waals surface area contributed by atoms with Crippen LogP contribution in [0.3, 0.4) is 0 Å². The molecule has 0 spiro atoms. The number of aromatic nitrogens is 4. The van der Waals surface area contributed by atoms with Gasteiger partial charge in [-0.1, -0.05) is 0 Å². The number of halogens is 1. The molecule has 0 saturated heterocycles. The minimum absolute atomic E-state index is 0. The molecule has 1 N–H and O–H groups in total. The summed E-state index contributed by atoms with van der Waals surface area (Å²) < 4.78 is 3.38. The van der Waals surface area contributed by atoms with Crippen LogP contribution in [-0.4, -0.2) is 48.7 Å². The fourth-order valence-electron chi connectivity index (χ4n) is 1.28. The van der Waals surface area contributed by atoms with Crippen LogP contribution in [0.15, 0.2) is 14.3 Å². The summed E-state index contributed by atoms with van der Waals surface area (Å²) in [5.74, 6) is 0. The third-order valence-corrected chi connectivity index (χ3v) is 2.79. The summed E-state index contributed by atoms with van der Waals surface area (Å²) in [6.07, 6.45) is 0. The maximum absolute atomic E-state index is 11.4. The molecule has 0 radical (unpaired) electrons. The van der Waals surface area contributed by atoms with E-state index in [-0.39, 0.29) is 29.6 Å². The van der Waals surface area contributed by atoms with Crippen molar-refractivity contribution in [2.75, 3.05) is 0 Å². The van der Waals surface area contributed by atoms with E-state index in [1.165, 1.54) is 4.57 Å². The molecule has 0 aliphatic rings. The first-order valence-corrected chi connectivity index (χ1v) is 4.63. The summed E-state index contributed by atoms with van der Waals surface area (Å²) in [5.41, 5.74) is -0.149. The van der Waals surface area contributed by atoms with Crippen LogP contribution < -0.4 is 11.2 Å². The Morgan fingerprint density at radius 1 is 1.27 bits per heavy atom. The first-order chi connectivity index (χ1) is 6.52. The van der Waals surface area contributed by atoms with Gasteiger partial charge in [0.05, 0.1) is 0 Å². The summed E-state index contributed by atoms with van der Waals surface area (Å²) in [5, 5.41) is 0. The van der Waals surface area contributed by atoms with E-state index in [2.05, 4.69) is 25.9 Å². The SMILES string of the molecule is Cn1c(Br)nc2c1c(=O)[nH]c(=O)n2C.[NaH]. The number of fused-ring (bicyclic) bond motifs is 1. The molecule has 0 fully saturated rings. The molecule has 0 saturated carbocycles. The summed E-state index contributed by atoms with van der Waals surface area (Å²) in [6.45, 7) is 0. The van der Waals surface area contributed by atoms with E-state index in [1.54, 1.807) is 18.7 Å². The van der Waals surface area contributed by atoms with Crippen molar-refractivity contribution in [2.45, 2.75) is 0 Å². The predicted octanol–water partition coefficient (Wildman–Crippen LogP) is -0.926. The molecule has 15 heavy (non-hydrogen) atoms. The van der Waals surface area contributed by atoms with Crippen molar-refractivity contribution < 1.29 is 0 Å². The van der Waals surface area contributed by atoms with Crippen molar-refractivity contribution in [2.24, 2.45) is 14.1 Å². The van der Waals surface area contributed by atoms with Crippen molar-refractivity contribution in [3.05, 3.63) is 25.6 Å².